The largest absolute Gasteiger partial charge is 0.490 e. The van der Waals surface area contributed by atoms with Crippen LogP contribution in [0, 0.1) is 0 Å². The number of hydrogen-bond acceptors (Lipinski definition) is 3. The molecule has 0 unspecified atom stereocenters. The van der Waals surface area contributed by atoms with Gasteiger partial charge in [-0.2, -0.15) is 0 Å². The standard InChI is InChI=1S/C23H29FN2O2/c24-13-16-26-17-19(7-10-23(26)27)18-5-8-21(9-6-18)28-22-11-14-25(15-12-22)20-3-1-2-4-20/h5-10,17,20,22H,1-4,11-16H2. The number of piperidine rings is 1. The van der Waals surface area contributed by atoms with Crippen molar-refractivity contribution in [2.24, 2.45) is 0 Å². The zero-order valence-corrected chi connectivity index (χ0v) is 16.4. The molecular weight excluding hydrogens is 355 g/mol. The first-order valence-electron chi connectivity index (χ1n) is 10.5. The first-order valence-corrected chi connectivity index (χ1v) is 10.5. The predicted octanol–water partition coefficient (Wildman–Crippen LogP) is 4.27. The molecule has 1 aromatic carbocycles. The Labute approximate surface area is 165 Å². The number of aromatic nitrogens is 1. The molecule has 2 fully saturated rings. The molecular formula is C23H29FN2O2. The lowest BCUT2D eigenvalue weighted by molar-refractivity contribution is 0.0768. The van der Waals surface area contributed by atoms with Gasteiger partial charge in [0.2, 0.25) is 0 Å². The van der Waals surface area contributed by atoms with Crippen LogP contribution in [0.4, 0.5) is 4.39 Å². The summed E-state index contributed by atoms with van der Waals surface area (Å²) in [5.41, 5.74) is 1.73. The number of alkyl halides is 1. The lowest BCUT2D eigenvalue weighted by Crippen LogP contribution is -2.43. The van der Waals surface area contributed by atoms with Crippen LogP contribution in [-0.4, -0.2) is 41.4 Å². The third-order valence-electron chi connectivity index (χ3n) is 6.12. The molecule has 0 N–H and O–H groups in total. The second-order valence-electron chi connectivity index (χ2n) is 7.95. The molecule has 1 saturated carbocycles. The summed E-state index contributed by atoms with van der Waals surface area (Å²) in [5.74, 6) is 0.889. The fraction of sp³-hybridized carbons (Fsp3) is 0.522. The monoisotopic (exact) mass is 384 g/mol. The van der Waals surface area contributed by atoms with Crippen molar-refractivity contribution in [3.8, 4) is 16.9 Å². The number of rotatable bonds is 6. The van der Waals surface area contributed by atoms with Crippen LogP contribution >= 0.6 is 0 Å². The lowest BCUT2D eigenvalue weighted by Gasteiger charge is -2.36. The van der Waals surface area contributed by atoms with Gasteiger partial charge in [0, 0.05) is 31.4 Å². The van der Waals surface area contributed by atoms with E-state index in [0.29, 0.717) is 0 Å². The molecule has 4 rings (SSSR count). The third-order valence-corrected chi connectivity index (χ3v) is 6.12. The Kier molecular flexibility index (Phi) is 6.10. The molecule has 1 aliphatic heterocycles. The van der Waals surface area contributed by atoms with Gasteiger partial charge in [0.15, 0.2) is 0 Å². The van der Waals surface area contributed by atoms with Crippen LogP contribution in [0.25, 0.3) is 11.1 Å². The van der Waals surface area contributed by atoms with E-state index in [1.54, 1.807) is 12.3 Å². The number of aryl methyl sites for hydroxylation is 1. The summed E-state index contributed by atoms with van der Waals surface area (Å²) in [5, 5.41) is 0. The van der Waals surface area contributed by atoms with Crippen LogP contribution in [0.5, 0.6) is 5.75 Å². The number of benzene rings is 1. The fourth-order valence-corrected chi connectivity index (χ4v) is 4.51. The van der Waals surface area contributed by atoms with Gasteiger partial charge in [0.25, 0.3) is 5.56 Å². The molecule has 5 heteroatoms. The number of hydrogen-bond donors (Lipinski definition) is 0. The van der Waals surface area contributed by atoms with Crippen molar-refractivity contribution >= 4 is 0 Å². The number of pyridine rings is 1. The van der Waals surface area contributed by atoms with Crippen molar-refractivity contribution in [1.82, 2.24) is 9.47 Å². The fourth-order valence-electron chi connectivity index (χ4n) is 4.51. The van der Waals surface area contributed by atoms with E-state index in [0.717, 1.165) is 48.8 Å². The van der Waals surface area contributed by atoms with Gasteiger partial charge >= 0.3 is 0 Å². The minimum absolute atomic E-state index is 0.0907. The first-order chi connectivity index (χ1) is 13.7. The van der Waals surface area contributed by atoms with Gasteiger partial charge in [-0.05, 0) is 55.0 Å². The van der Waals surface area contributed by atoms with E-state index in [9.17, 15) is 9.18 Å². The molecule has 2 heterocycles. The summed E-state index contributed by atoms with van der Waals surface area (Å²) in [6.45, 7) is 1.83. The zero-order chi connectivity index (χ0) is 19.3. The maximum atomic E-state index is 12.6. The summed E-state index contributed by atoms with van der Waals surface area (Å²) in [6.07, 6.45) is 9.69. The average Bonchev–Trinajstić information content (AvgIpc) is 3.26. The Hall–Kier alpha value is -2.14. The molecule has 4 nitrogen and oxygen atoms in total. The summed E-state index contributed by atoms with van der Waals surface area (Å²) in [6, 6.07) is 12.1. The first kappa shape index (κ1) is 19.2. The highest BCUT2D eigenvalue weighted by Gasteiger charge is 2.27. The van der Waals surface area contributed by atoms with Crippen LogP contribution in [0.2, 0.25) is 0 Å². The van der Waals surface area contributed by atoms with Gasteiger partial charge < -0.3 is 14.2 Å². The van der Waals surface area contributed by atoms with E-state index in [-0.39, 0.29) is 18.2 Å². The molecule has 1 aliphatic carbocycles. The Morgan fingerprint density at radius 3 is 2.29 bits per heavy atom. The highest BCUT2D eigenvalue weighted by molar-refractivity contribution is 5.63. The SMILES string of the molecule is O=c1ccc(-c2ccc(OC3CCN(C4CCCC4)CC3)cc2)cn1CCF. The minimum atomic E-state index is -0.546. The smallest absolute Gasteiger partial charge is 0.250 e. The molecule has 150 valence electrons. The van der Waals surface area contributed by atoms with Crippen LogP contribution in [-0.2, 0) is 6.54 Å². The van der Waals surface area contributed by atoms with Gasteiger partial charge in [-0.3, -0.25) is 4.79 Å². The molecule has 28 heavy (non-hydrogen) atoms. The number of likely N-dealkylation sites (tertiary alicyclic amines) is 1. The van der Waals surface area contributed by atoms with Gasteiger partial charge in [-0.25, -0.2) is 4.39 Å². The predicted molar refractivity (Wildman–Crippen MR) is 110 cm³/mol. The molecule has 1 saturated heterocycles. The van der Waals surface area contributed by atoms with Crippen molar-refractivity contribution in [2.75, 3.05) is 19.8 Å². The topological polar surface area (TPSA) is 34.5 Å². The second-order valence-corrected chi connectivity index (χ2v) is 7.95. The Morgan fingerprint density at radius 1 is 0.929 bits per heavy atom. The van der Waals surface area contributed by atoms with Crippen molar-refractivity contribution < 1.29 is 9.13 Å². The molecule has 0 radical (unpaired) electrons. The van der Waals surface area contributed by atoms with Crippen LogP contribution in [0.15, 0.2) is 47.4 Å². The van der Waals surface area contributed by atoms with Gasteiger partial charge in [0.1, 0.15) is 18.5 Å². The van der Waals surface area contributed by atoms with Crippen molar-refractivity contribution in [1.29, 1.82) is 0 Å². The molecule has 0 atom stereocenters. The third kappa shape index (κ3) is 4.46. The van der Waals surface area contributed by atoms with E-state index in [1.807, 2.05) is 24.3 Å². The molecule has 1 aromatic heterocycles. The maximum Gasteiger partial charge on any atom is 0.250 e. The van der Waals surface area contributed by atoms with Gasteiger partial charge in [0.05, 0.1) is 6.54 Å². The normalized spacial score (nSPS) is 19.2. The van der Waals surface area contributed by atoms with Crippen molar-refractivity contribution in [2.45, 2.75) is 57.2 Å². The summed E-state index contributed by atoms with van der Waals surface area (Å²) in [4.78, 5) is 14.4. The average molecular weight is 384 g/mol. The summed E-state index contributed by atoms with van der Waals surface area (Å²) < 4.78 is 20.2. The van der Waals surface area contributed by atoms with E-state index < -0.39 is 6.67 Å². The Bertz CT molecular complexity index is 819. The lowest BCUT2D eigenvalue weighted by atomic mass is 10.0. The van der Waals surface area contributed by atoms with Crippen LogP contribution in [0.1, 0.15) is 38.5 Å². The van der Waals surface area contributed by atoms with Crippen LogP contribution < -0.4 is 10.3 Å². The van der Waals surface area contributed by atoms with E-state index in [4.69, 9.17) is 4.74 Å². The highest BCUT2D eigenvalue weighted by atomic mass is 19.1. The number of ether oxygens (including phenoxy) is 1. The number of halogens is 1. The van der Waals surface area contributed by atoms with Gasteiger partial charge in [-0.15, -0.1) is 0 Å². The Balaban J connectivity index is 1.35. The molecule has 2 aromatic rings. The Morgan fingerprint density at radius 2 is 1.61 bits per heavy atom. The molecule has 2 aliphatic rings. The van der Waals surface area contributed by atoms with Crippen molar-refractivity contribution in [3.63, 3.8) is 0 Å². The molecule has 0 bridgehead atoms. The second kappa shape index (κ2) is 8.91. The quantitative estimate of drug-likeness (QED) is 0.746. The number of nitrogens with zero attached hydrogens (tertiary/aromatic N) is 2. The van der Waals surface area contributed by atoms with E-state index in [2.05, 4.69) is 4.90 Å². The van der Waals surface area contributed by atoms with Crippen LogP contribution in [0.3, 0.4) is 0 Å². The minimum Gasteiger partial charge on any atom is -0.490 e. The molecule has 0 spiro atoms. The maximum absolute atomic E-state index is 12.6. The zero-order valence-electron chi connectivity index (χ0n) is 16.4. The summed E-state index contributed by atoms with van der Waals surface area (Å²) in [7, 11) is 0. The highest BCUT2D eigenvalue weighted by Crippen LogP contribution is 2.28. The van der Waals surface area contributed by atoms with Crippen molar-refractivity contribution in [3.05, 3.63) is 52.9 Å². The van der Waals surface area contributed by atoms with E-state index >= 15 is 0 Å². The van der Waals surface area contributed by atoms with E-state index in [1.165, 1.54) is 36.3 Å². The van der Waals surface area contributed by atoms with Gasteiger partial charge in [-0.1, -0.05) is 25.0 Å². The molecule has 0 amide bonds. The summed E-state index contributed by atoms with van der Waals surface area (Å²) >= 11 is 0.